The number of hydrogen-bond acceptors (Lipinski definition) is 12. The molecule has 15 heteroatoms. The molecule has 0 aliphatic rings. The van der Waals surface area contributed by atoms with Crippen LogP contribution in [0, 0.1) is 0 Å². The van der Waals surface area contributed by atoms with Crippen LogP contribution in [0.25, 0.3) is 0 Å². The lowest BCUT2D eigenvalue weighted by molar-refractivity contribution is 0.0510. The quantitative estimate of drug-likeness (QED) is 0.141. The zero-order valence-corrected chi connectivity index (χ0v) is 26.6. The third-order valence-electron chi connectivity index (χ3n) is 7.28. The van der Waals surface area contributed by atoms with Gasteiger partial charge in [-0.15, -0.1) is 15.3 Å². The molecule has 4 rings (SSSR count). The fraction of sp³-hybridized carbons (Fsp3) is 0.500. The van der Waals surface area contributed by atoms with Crippen LogP contribution in [0.3, 0.4) is 0 Å². The molecule has 0 saturated heterocycles. The van der Waals surface area contributed by atoms with E-state index in [1.165, 1.54) is 0 Å². The normalized spacial score (nSPS) is 11.1. The van der Waals surface area contributed by atoms with Crippen molar-refractivity contribution in [3.63, 3.8) is 0 Å². The molecule has 15 nitrogen and oxygen atoms in total. The summed E-state index contributed by atoms with van der Waals surface area (Å²) in [5.74, 6) is -1.61. The summed E-state index contributed by atoms with van der Waals surface area (Å²) >= 11 is 0. The summed E-state index contributed by atoms with van der Waals surface area (Å²) in [4.78, 5) is 36.9. The van der Waals surface area contributed by atoms with E-state index >= 15 is 0 Å². The minimum absolute atomic E-state index is 0.127. The van der Waals surface area contributed by atoms with Crippen LogP contribution in [0.15, 0.2) is 18.6 Å². The van der Waals surface area contributed by atoms with Crippen molar-refractivity contribution in [2.24, 2.45) is 0 Å². The molecule has 0 fully saturated rings. The van der Waals surface area contributed by atoms with Gasteiger partial charge in [-0.05, 0) is 73.4 Å². The van der Waals surface area contributed by atoms with Crippen molar-refractivity contribution in [1.82, 2.24) is 45.0 Å². The number of rotatable bonds is 15. The van der Waals surface area contributed by atoms with Crippen molar-refractivity contribution in [3.05, 3.63) is 69.1 Å². The number of carbonyl (C=O) groups excluding carboxylic acids is 3. The average Bonchev–Trinajstić information content (AvgIpc) is 3.80. The fourth-order valence-corrected chi connectivity index (χ4v) is 5.45. The Balaban J connectivity index is 1.86. The summed E-state index contributed by atoms with van der Waals surface area (Å²) in [7, 11) is 0. The van der Waals surface area contributed by atoms with E-state index in [0.29, 0.717) is 38.9 Å². The van der Waals surface area contributed by atoms with Gasteiger partial charge in [0.15, 0.2) is 17.1 Å². The van der Waals surface area contributed by atoms with Crippen LogP contribution in [0.1, 0.15) is 106 Å². The summed E-state index contributed by atoms with van der Waals surface area (Å²) in [6.07, 6.45) is 6.82. The van der Waals surface area contributed by atoms with Gasteiger partial charge in [-0.2, -0.15) is 0 Å². The summed E-state index contributed by atoms with van der Waals surface area (Å²) in [6.45, 7) is 13.2. The van der Waals surface area contributed by atoms with Crippen molar-refractivity contribution in [3.8, 4) is 0 Å². The minimum Gasteiger partial charge on any atom is -0.461 e. The highest BCUT2D eigenvalue weighted by Gasteiger charge is 2.25. The van der Waals surface area contributed by atoms with Gasteiger partial charge in [0.2, 0.25) is 0 Å². The second-order valence-electron chi connectivity index (χ2n) is 10.00. The molecule has 0 bridgehead atoms. The van der Waals surface area contributed by atoms with Crippen LogP contribution in [-0.4, -0.2) is 82.7 Å². The molecule has 0 unspecified atom stereocenters. The summed E-state index contributed by atoms with van der Waals surface area (Å²) in [5.41, 5.74) is 6.75. The topological polar surface area (TPSA) is 171 Å². The second-order valence-corrected chi connectivity index (χ2v) is 10.00. The predicted molar refractivity (Wildman–Crippen MR) is 160 cm³/mol. The molecule has 45 heavy (non-hydrogen) atoms. The standard InChI is InChI=1S/C30H39N9O6/c1-7-19-22(13-37-16-25(31-34-37)28(40)43-10-4)20(8-2)24(15-39-18-27(33-36-39)30(42)45-12-6)21(9-3)23(19)14-38-17-26(32-35-38)29(41)44-11-5/h16-18H,7-15H2,1-6H3. The molecule has 0 aliphatic heterocycles. The molecule has 0 N–H and O–H groups in total. The van der Waals surface area contributed by atoms with Crippen LogP contribution in [0.2, 0.25) is 0 Å². The van der Waals surface area contributed by atoms with E-state index in [1.54, 1.807) is 53.4 Å². The molecule has 0 amide bonds. The van der Waals surface area contributed by atoms with Crippen LogP contribution in [-0.2, 0) is 53.1 Å². The second kappa shape index (κ2) is 15.2. The van der Waals surface area contributed by atoms with Crippen LogP contribution in [0.4, 0.5) is 0 Å². The zero-order valence-electron chi connectivity index (χ0n) is 26.6. The van der Waals surface area contributed by atoms with E-state index in [1.807, 2.05) is 0 Å². The molecule has 0 atom stereocenters. The number of nitrogens with zero attached hydrogens (tertiary/aromatic N) is 9. The molecule has 0 aliphatic carbocycles. The number of aromatic nitrogens is 9. The maximum absolute atomic E-state index is 12.3. The molecule has 3 heterocycles. The third-order valence-corrected chi connectivity index (χ3v) is 7.28. The lowest BCUT2D eigenvalue weighted by Gasteiger charge is -2.26. The number of carbonyl (C=O) groups is 3. The SMILES string of the molecule is CCOC(=O)c1cn(Cc2c(CC)c(Cn3cc(C(=O)OCC)nn3)c(CC)c(Cn3cc(C(=O)OCC)nn3)c2CC)nn1. The maximum atomic E-state index is 12.3. The van der Waals surface area contributed by atoms with Crippen molar-refractivity contribution in [2.45, 2.75) is 80.4 Å². The van der Waals surface area contributed by atoms with E-state index in [4.69, 9.17) is 14.2 Å². The third kappa shape index (κ3) is 7.41. The Morgan fingerprint density at radius 3 is 0.978 bits per heavy atom. The summed E-state index contributed by atoms with van der Waals surface area (Å²) in [6, 6.07) is 0. The fourth-order valence-electron chi connectivity index (χ4n) is 5.45. The highest BCUT2D eigenvalue weighted by molar-refractivity contribution is 5.87. The van der Waals surface area contributed by atoms with Gasteiger partial charge >= 0.3 is 17.9 Å². The van der Waals surface area contributed by atoms with Crippen molar-refractivity contribution < 1.29 is 28.6 Å². The van der Waals surface area contributed by atoms with Crippen LogP contribution >= 0.6 is 0 Å². The smallest absolute Gasteiger partial charge is 0.360 e. The number of esters is 3. The van der Waals surface area contributed by atoms with E-state index in [-0.39, 0.29) is 36.9 Å². The zero-order chi connectivity index (χ0) is 32.5. The Hall–Kier alpha value is -4.95. The molecule has 0 saturated carbocycles. The molecule has 0 radical (unpaired) electrons. The highest BCUT2D eigenvalue weighted by atomic mass is 16.5. The van der Waals surface area contributed by atoms with Gasteiger partial charge in [-0.3, -0.25) is 0 Å². The van der Waals surface area contributed by atoms with E-state index in [9.17, 15) is 14.4 Å². The van der Waals surface area contributed by atoms with Crippen LogP contribution in [0.5, 0.6) is 0 Å². The molecule has 0 spiro atoms. The molecule has 1 aromatic carbocycles. The Labute approximate surface area is 260 Å². The van der Waals surface area contributed by atoms with Gasteiger partial charge in [0.1, 0.15) is 0 Å². The van der Waals surface area contributed by atoms with Crippen molar-refractivity contribution in [2.75, 3.05) is 19.8 Å². The molecule has 3 aromatic heterocycles. The molecular formula is C30H39N9O6. The monoisotopic (exact) mass is 621 g/mol. The number of benzene rings is 1. The van der Waals surface area contributed by atoms with Crippen molar-refractivity contribution in [1.29, 1.82) is 0 Å². The van der Waals surface area contributed by atoms with Crippen LogP contribution < -0.4 is 0 Å². The first-order chi connectivity index (χ1) is 21.8. The first-order valence-electron chi connectivity index (χ1n) is 15.2. The van der Waals surface area contributed by atoms with Crippen molar-refractivity contribution >= 4 is 17.9 Å². The Morgan fingerprint density at radius 2 is 0.756 bits per heavy atom. The first-order valence-corrected chi connectivity index (χ1v) is 15.2. The Kier molecular flexibility index (Phi) is 11.1. The predicted octanol–water partition coefficient (Wildman–Crippen LogP) is 2.82. The number of hydrogen-bond donors (Lipinski definition) is 0. The summed E-state index contributed by atoms with van der Waals surface area (Å²) in [5, 5.41) is 24.8. The number of ether oxygens (including phenoxy) is 3. The maximum Gasteiger partial charge on any atom is 0.360 e. The first kappa shape index (κ1) is 33.0. The van der Waals surface area contributed by atoms with Gasteiger partial charge in [0.05, 0.1) is 58.0 Å². The van der Waals surface area contributed by atoms with E-state index in [2.05, 4.69) is 51.7 Å². The Morgan fingerprint density at radius 1 is 0.489 bits per heavy atom. The summed E-state index contributed by atoms with van der Waals surface area (Å²) < 4.78 is 20.2. The molecule has 240 valence electrons. The van der Waals surface area contributed by atoms with Gasteiger partial charge in [0.25, 0.3) is 0 Å². The van der Waals surface area contributed by atoms with Gasteiger partial charge in [-0.25, -0.2) is 28.4 Å². The van der Waals surface area contributed by atoms with E-state index in [0.717, 1.165) is 33.4 Å². The highest BCUT2D eigenvalue weighted by Crippen LogP contribution is 2.32. The molecule has 4 aromatic rings. The van der Waals surface area contributed by atoms with Gasteiger partial charge < -0.3 is 14.2 Å². The molecular weight excluding hydrogens is 582 g/mol. The van der Waals surface area contributed by atoms with Gasteiger partial charge in [-0.1, -0.05) is 36.4 Å². The van der Waals surface area contributed by atoms with Gasteiger partial charge in [0, 0.05) is 0 Å². The van der Waals surface area contributed by atoms with E-state index < -0.39 is 17.9 Å². The minimum atomic E-state index is -0.537. The lowest BCUT2D eigenvalue weighted by Crippen LogP contribution is -2.19. The average molecular weight is 622 g/mol. The lowest BCUT2D eigenvalue weighted by atomic mass is 9.83. The largest absolute Gasteiger partial charge is 0.461 e. The Bertz CT molecular complexity index is 1440.